The molecule has 0 atom stereocenters. The molecule has 1 aliphatic carbocycles. The smallest absolute Gasteiger partial charge is 0.239 e. The van der Waals surface area contributed by atoms with Crippen molar-refractivity contribution in [3.63, 3.8) is 0 Å². The highest BCUT2D eigenvalue weighted by Gasteiger charge is 2.21. The Balaban J connectivity index is 2.10. The van der Waals surface area contributed by atoms with Crippen LogP contribution in [0.1, 0.15) is 19.3 Å². The molecular weight excluding hydrogens is 209 g/mol. The van der Waals surface area contributed by atoms with Crippen LogP contribution in [0.15, 0.2) is 6.20 Å². The lowest BCUT2D eigenvalue weighted by molar-refractivity contribution is 0.320. The molecule has 0 radical (unpaired) electrons. The summed E-state index contributed by atoms with van der Waals surface area (Å²) in [7, 11) is 1.84. The molecule has 3 N–H and O–H groups in total. The molecule has 0 aliphatic heterocycles. The first-order valence-electron chi connectivity index (χ1n) is 5.41. The van der Waals surface area contributed by atoms with Gasteiger partial charge in [-0.05, 0) is 18.8 Å². The van der Waals surface area contributed by atoms with Gasteiger partial charge in [-0.1, -0.05) is 6.42 Å². The lowest BCUT2D eigenvalue weighted by Gasteiger charge is -2.30. The van der Waals surface area contributed by atoms with Gasteiger partial charge in [0.1, 0.15) is 0 Å². The highest BCUT2D eigenvalue weighted by molar-refractivity contribution is 5.42. The van der Waals surface area contributed by atoms with Crippen molar-refractivity contribution in [2.45, 2.75) is 19.3 Å². The van der Waals surface area contributed by atoms with E-state index < -0.39 is 5.82 Å². The van der Waals surface area contributed by atoms with Crippen LogP contribution < -0.4 is 16.2 Å². The number of nitrogen functional groups attached to an aromatic ring is 1. The van der Waals surface area contributed by atoms with Crippen molar-refractivity contribution in [1.82, 2.24) is 9.97 Å². The molecule has 88 valence electrons. The molecule has 1 saturated carbocycles. The molecule has 0 spiro atoms. The molecule has 1 heterocycles. The number of nitrogens with zero attached hydrogens (tertiary/aromatic N) is 3. The third-order valence-corrected chi connectivity index (χ3v) is 2.97. The zero-order chi connectivity index (χ0) is 11.5. The zero-order valence-electron chi connectivity index (χ0n) is 9.28. The van der Waals surface area contributed by atoms with Gasteiger partial charge in [0, 0.05) is 13.6 Å². The Morgan fingerprint density at radius 2 is 2.38 bits per heavy atom. The van der Waals surface area contributed by atoms with E-state index >= 15 is 0 Å². The first-order valence-corrected chi connectivity index (χ1v) is 5.41. The molecule has 1 aromatic rings. The fourth-order valence-corrected chi connectivity index (χ4v) is 1.84. The van der Waals surface area contributed by atoms with Gasteiger partial charge < -0.3 is 4.90 Å². The van der Waals surface area contributed by atoms with E-state index in [0.717, 1.165) is 12.7 Å². The normalized spacial score (nSPS) is 15.7. The third-order valence-electron chi connectivity index (χ3n) is 2.97. The topological polar surface area (TPSA) is 67.1 Å². The van der Waals surface area contributed by atoms with Gasteiger partial charge in [0.15, 0.2) is 11.6 Å². The quantitative estimate of drug-likeness (QED) is 0.594. The summed E-state index contributed by atoms with van der Waals surface area (Å²) in [6.07, 6.45) is 4.85. The predicted octanol–water partition coefficient (Wildman–Crippen LogP) is 1.14. The van der Waals surface area contributed by atoms with Gasteiger partial charge >= 0.3 is 0 Å². The van der Waals surface area contributed by atoms with Crippen LogP contribution in [-0.2, 0) is 0 Å². The number of nitrogens with two attached hydrogens (primary N) is 1. The molecule has 5 nitrogen and oxygen atoms in total. The Kier molecular flexibility index (Phi) is 3.19. The van der Waals surface area contributed by atoms with Crippen molar-refractivity contribution in [1.29, 1.82) is 0 Å². The van der Waals surface area contributed by atoms with Crippen LogP contribution >= 0.6 is 0 Å². The van der Waals surface area contributed by atoms with E-state index in [0.29, 0.717) is 11.7 Å². The average Bonchev–Trinajstić information content (AvgIpc) is 2.24. The zero-order valence-corrected chi connectivity index (χ0v) is 9.28. The standard InChI is InChI=1S/C10H16FN5/c1-16(6-7-3-2-4-7)9-8(11)5-13-10(14-9)15-12/h5,7H,2-4,6,12H2,1H3,(H,13,14,15). The number of aromatic nitrogens is 2. The Hall–Kier alpha value is -1.43. The summed E-state index contributed by atoms with van der Waals surface area (Å²) < 4.78 is 13.5. The molecule has 1 aliphatic rings. The average molecular weight is 225 g/mol. The fraction of sp³-hybridized carbons (Fsp3) is 0.600. The van der Waals surface area contributed by atoms with Crippen LogP contribution in [0.2, 0.25) is 0 Å². The lowest BCUT2D eigenvalue weighted by atomic mass is 9.85. The molecule has 0 amide bonds. The lowest BCUT2D eigenvalue weighted by Crippen LogP contribution is -2.30. The van der Waals surface area contributed by atoms with Crippen molar-refractivity contribution < 1.29 is 4.39 Å². The van der Waals surface area contributed by atoms with Gasteiger partial charge in [0.25, 0.3) is 0 Å². The molecule has 1 aromatic heterocycles. The van der Waals surface area contributed by atoms with Gasteiger partial charge in [0.05, 0.1) is 6.20 Å². The maximum atomic E-state index is 13.5. The molecule has 0 aromatic carbocycles. The van der Waals surface area contributed by atoms with Gasteiger partial charge in [-0.25, -0.2) is 15.2 Å². The van der Waals surface area contributed by atoms with Gasteiger partial charge in [-0.15, -0.1) is 0 Å². The number of hydrazine groups is 1. The van der Waals surface area contributed by atoms with E-state index in [1.165, 1.54) is 19.3 Å². The summed E-state index contributed by atoms with van der Waals surface area (Å²) in [4.78, 5) is 9.53. The van der Waals surface area contributed by atoms with Crippen LogP contribution in [0.5, 0.6) is 0 Å². The molecule has 1 fully saturated rings. The van der Waals surface area contributed by atoms with Crippen LogP contribution in [0.25, 0.3) is 0 Å². The summed E-state index contributed by atoms with van der Waals surface area (Å²) in [6, 6.07) is 0. The number of anilines is 2. The summed E-state index contributed by atoms with van der Waals surface area (Å²) in [5.74, 6) is 5.97. The van der Waals surface area contributed by atoms with E-state index in [2.05, 4.69) is 15.4 Å². The second-order valence-corrected chi connectivity index (χ2v) is 4.19. The third kappa shape index (κ3) is 2.21. The number of nitrogens with one attached hydrogen (secondary N) is 1. The van der Waals surface area contributed by atoms with E-state index in [4.69, 9.17) is 5.84 Å². The van der Waals surface area contributed by atoms with E-state index in [9.17, 15) is 4.39 Å². The Morgan fingerprint density at radius 1 is 1.62 bits per heavy atom. The SMILES string of the molecule is CN(CC1CCC1)c1nc(NN)ncc1F. The highest BCUT2D eigenvalue weighted by atomic mass is 19.1. The Bertz CT molecular complexity index is 366. The Labute approximate surface area is 93.8 Å². The van der Waals surface area contributed by atoms with Crippen molar-refractivity contribution in [3.05, 3.63) is 12.0 Å². The van der Waals surface area contributed by atoms with Crippen molar-refractivity contribution in [2.75, 3.05) is 23.9 Å². The molecule has 16 heavy (non-hydrogen) atoms. The molecule has 6 heteroatoms. The fourth-order valence-electron chi connectivity index (χ4n) is 1.84. The van der Waals surface area contributed by atoms with Crippen LogP contribution in [0.4, 0.5) is 16.2 Å². The molecule has 0 unspecified atom stereocenters. The van der Waals surface area contributed by atoms with Gasteiger partial charge in [-0.3, -0.25) is 5.43 Å². The maximum Gasteiger partial charge on any atom is 0.239 e. The molecule has 0 saturated heterocycles. The Morgan fingerprint density at radius 3 is 2.94 bits per heavy atom. The van der Waals surface area contributed by atoms with Gasteiger partial charge in [0.2, 0.25) is 5.95 Å². The van der Waals surface area contributed by atoms with Crippen molar-refractivity contribution in [3.8, 4) is 0 Å². The van der Waals surface area contributed by atoms with Crippen LogP contribution in [0, 0.1) is 11.7 Å². The highest BCUT2D eigenvalue weighted by Crippen LogP contribution is 2.28. The minimum Gasteiger partial charge on any atom is -0.357 e. The van der Waals surface area contributed by atoms with Crippen molar-refractivity contribution >= 4 is 11.8 Å². The monoisotopic (exact) mass is 225 g/mol. The first-order chi connectivity index (χ1) is 7.70. The maximum absolute atomic E-state index is 13.5. The number of hydrogen-bond acceptors (Lipinski definition) is 5. The van der Waals surface area contributed by atoms with Crippen molar-refractivity contribution in [2.24, 2.45) is 11.8 Å². The minimum absolute atomic E-state index is 0.233. The van der Waals surface area contributed by atoms with Crippen LogP contribution in [0.3, 0.4) is 0 Å². The van der Waals surface area contributed by atoms with E-state index in [1.54, 1.807) is 0 Å². The second kappa shape index (κ2) is 4.61. The first kappa shape index (κ1) is 11.1. The number of halogens is 1. The van der Waals surface area contributed by atoms with E-state index in [-0.39, 0.29) is 5.95 Å². The van der Waals surface area contributed by atoms with Crippen LogP contribution in [-0.4, -0.2) is 23.6 Å². The molecular formula is C10H16FN5. The van der Waals surface area contributed by atoms with Gasteiger partial charge in [-0.2, -0.15) is 4.98 Å². The second-order valence-electron chi connectivity index (χ2n) is 4.19. The molecule has 0 bridgehead atoms. The molecule has 2 rings (SSSR count). The predicted molar refractivity (Wildman–Crippen MR) is 60.4 cm³/mol. The van der Waals surface area contributed by atoms with E-state index in [1.807, 2.05) is 11.9 Å². The number of hydrogen-bond donors (Lipinski definition) is 2. The largest absolute Gasteiger partial charge is 0.357 e. The summed E-state index contributed by atoms with van der Waals surface area (Å²) in [5.41, 5.74) is 2.32. The number of rotatable bonds is 4. The summed E-state index contributed by atoms with van der Waals surface area (Å²) in [5, 5.41) is 0. The summed E-state index contributed by atoms with van der Waals surface area (Å²) in [6.45, 7) is 0.831. The minimum atomic E-state index is -0.416. The summed E-state index contributed by atoms with van der Waals surface area (Å²) >= 11 is 0.